The number of rotatable bonds is 10. The van der Waals surface area contributed by atoms with Gasteiger partial charge >= 0.3 is 0 Å². The fourth-order valence-electron chi connectivity index (χ4n) is 3.37. The molecular formula is C25H28ClFN2O5. The lowest BCUT2D eigenvalue weighted by Crippen LogP contribution is -2.23. The van der Waals surface area contributed by atoms with Crippen molar-refractivity contribution in [1.29, 1.82) is 0 Å². The highest BCUT2D eigenvalue weighted by Gasteiger charge is 2.26. The first-order valence-corrected chi connectivity index (χ1v) is 10.3. The summed E-state index contributed by atoms with van der Waals surface area (Å²) in [5, 5.41) is 2.77. The zero-order chi connectivity index (χ0) is 23.8. The van der Waals surface area contributed by atoms with Gasteiger partial charge in [0.15, 0.2) is 11.5 Å². The molecule has 0 bridgehead atoms. The summed E-state index contributed by atoms with van der Waals surface area (Å²) < 4.78 is 35.9. The Morgan fingerprint density at radius 2 is 1.59 bits per heavy atom. The lowest BCUT2D eigenvalue weighted by Gasteiger charge is -2.19. The molecule has 0 heterocycles. The Hall–Kier alpha value is -3.49. The van der Waals surface area contributed by atoms with Crippen LogP contribution in [0.15, 0.2) is 54.6 Å². The Morgan fingerprint density at radius 3 is 2.18 bits per heavy atom. The number of amides is 1. The number of carbonyl (C=O) groups is 1. The first-order valence-electron chi connectivity index (χ1n) is 10.3. The summed E-state index contributed by atoms with van der Waals surface area (Å²) >= 11 is 0. The summed E-state index contributed by atoms with van der Waals surface area (Å²) in [7, 11) is 4.34. The molecule has 34 heavy (non-hydrogen) atoms. The molecule has 182 valence electrons. The molecule has 3 rings (SSSR count). The maximum absolute atomic E-state index is 13.5. The summed E-state index contributed by atoms with van der Waals surface area (Å²) in [5.74, 6) is 0.691. The highest BCUT2D eigenvalue weighted by molar-refractivity contribution is 5.99. The van der Waals surface area contributed by atoms with E-state index in [2.05, 4.69) is 5.32 Å². The van der Waals surface area contributed by atoms with Gasteiger partial charge in [-0.3, -0.25) is 4.79 Å². The van der Waals surface area contributed by atoms with Gasteiger partial charge in [-0.05, 0) is 48.4 Å². The van der Waals surface area contributed by atoms with Gasteiger partial charge in [-0.25, -0.2) is 4.39 Å². The zero-order valence-electron chi connectivity index (χ0n) is 19.2. The van der Waals surface area contributed by atoms with Crippen LogP contribution in [0, 0.1) is 5.82 Å². The molecule has 3 aromatic rings. The predicted molar refractivity (Wildman–Crippen MR) is 130 cm³/mol. The molecule has 9 heteroatoms. The molecule has 1 amide bonds. The number of hydrogen-bond donors (Lipinski definition) is 2. The van der Waals surface area contributed by atoms with Crippen LogP contribution in [0.3, 0.4) is 0 Å². The molecule has 0 aromatic heterocycles. The molecule has 0 aliphatic rings. The molecule has 0 radical (unpaired) electrons. The van der Waals surface area contributed by atoms with Crippen molar-refractivity contribution < 1.29 is 28.1 Å². The zero-order valence-corrected chi connectivity index (χ0v) is 20.0. The third-order valence-corrected chi connectivity index (χ3v) is 4.94. The van der Waals surface area contributed by atoms with Crippen molar-refractivity contribution in [2.75, 3.05) is 27.9 Å². The van der Waals surface area contributed by atoms with Crippen molar-refractivity contribution in [2.45, 2.75) is 13.0 Å². The highest BCUT2D eigenvalue weighted by Crippen LogP contribution is 2.47. The van der Waals surface area contributed by atoms with Crippen LogP contribution in [0.1, 0.15) is 21.5 Å². The van der Waals surface area contributed by atoms with Gasteiger partial charge in [0, 0.05) is 12.6 Å². The third-order valence-electron chi connectivity index (χ3n) is 4.94. The average molecular weight is 491 g/mol. The maximum Gasteiger partial charge on any atom is 0.255 e. The number of nitrogens with one attached hydrogen (secondary N) is 1. The maximum atomic E-state index is 13.5. The number of halogens is 2. The summed E-state index contributed by atoms with van der Waals surface area (Å²) in [5.41, 5.74) is 7.49. The van der Waals surface area contributed by atoms with E-state index < -0.39 is 5.91 Å². The number of hydrogen-bond acceptors (Lipinski definition) is 6. The SMILES string of the molecule is COc1c(Oc2ccc(CCN)cc2)cc(C(=O)NCc2cccc(F)c2)c(OC)c1OC.Cl. The van der Waals surface area contributed by atoms with Crippen LogP contribution >= 0.6 is 12.4 Å². The van der Waals surface area contributed by atoms with E-state index in [0.29, 0.717) is 17.9 Å². The van der Waals surface area contributed by atoms with Crippen LogP contribution < -0.4 is 30.0 Å². The van der Waals surface area contributed by atoms with Crippen molar-refractivity contribution in [1.82, 2.24) is 5.32 Å². The van der Waals surface area contributed by atoms with E-state index in [1.807, 2.05) is 24.3 Å². The Labute approximate surface area is 204 Å². The second kappa shape index (κ2) is 12.7. The molecule has 0 unspecified atom stereocenters. The normalized spacial score (nSPS) is 10.1. The Bertz CT molecular complexity index is 1110. The van der Waals surface area contributed by atoms with Gasteiger partial charge in [-0.1, -0.05) is 24.3 Å². The molecular weight excluding hydrogens is 463 g/mol. The van der Waals surface area contributed by atoms with Crippen molar-refractivity contribution >= 4 is 18.3 Å². The van der Waals surface area contributed by atoms with E-state index in [0.717, 1.165) is 12.0 Å². The monoisotopic (exact) mass is 490 g/mol. The Morgan fingerprint density at radius 1 is 0.912 bits per heavy atom. The second-order valence-electron chi connectivity index (χ2n) is 7.12. The van der Waals surface area contributed by atoms with E-state index in [1.54, 1.807) is 12.1 Å². The fourth-order valence-corrected chi connectivity index (χ4v) is 3.37. The van der Waals surface area contributed by atoms with Crippen molar-refractivity contribution in [3.63, 3.8) is 0 Å². The molecule has 3 aromatic carbocycles. The van der Waals surface area contributed by atoms with Crippen LogP contribution in [0.25, 0.3) is 0 Å². The Balaban J connectivity index is 0.00000408. The molecule has 0 aliphatic heterocycles. The van der Waals surface area contributed by atoms with Gasteiger partial charge < -0.3 is 30.0 Å². The van der Waals surface area contributed by atoms with E-state index >= 15 is 0 Å². The predicted octanol–water partition coefficient (Wildman–Crippen LogP) is 4.50. The van der Waals surface area contributed by atoms with E-state index in [4.69, 9.17) is 24.7 Å². The van der Waals surface area contributed by atoms with Crippen molar-refractivity contribution in [3.05, 3.63) is 77.1 Å². The van der Waals surface area contributed by atoms with Gasteiger partial charge in [0.25, 0.3) is 5.91 Å². The number of nitrogens with two attached hydrogens (primary N) is 1. The van der Waals surface area contributed by atoms with E-state index in [-0.39, 0.29) is 53.3 Å². The minimum Gasteiger partial charge on any atom is -0.492 e. The number of benzene rings is 3. The largest absolute Gasteiger partial charge is 0.492 e. The lowest BCUT2D eigenvalue weighted by molar-refractivity contribution is 0.0946. The molecule has 3 N–H and O–H groups in total. The van der Waals surface area contributed by atoms with Crippen LogP contribution in [0.5, 0.6) is 28.7 Å². The Kier molecular flexibility index (Phi) is 9.97. The summed E-state index contributed by atoms with van der Waals surface area (Å²) in [6.45, 7) is 0.685. The average Bonchev–Trinajstić information content (AvgIpc) is 2.83. The first-order chi connectivity index (χ1) is 16.0. The van der Waals surface area contributed by atoms with Crippen LogP contribution in [0.2, 0.25) is 0 Å². The van der Waals surface area contributed by atoms with Gasteiger partial charge in [0.1, 0.15) is 11.6 Å². The van der Waals surface area contributed by atoms with Crippen molar-refractivity contribution in [3.8, 4) is 28.7 Å². The number of carbonyl (C=O) groups excluding carboxylic acids is 1. The number of ether oxygens (including phenoxy) is 4. The quantitative estimate of drug-likeness (QED) is 0.435. The summed E-state index contributed by atoms with van der Waals surface area (Å²) in [4.78, 5) is 13.0. The van der Waals surface area contributed by atoms with Crippen LogP contribution in [-0.4, -0.2) is 33.8 Å². The molecule has 7 nitrogen and oxygen atoms in total. The molecule has 0 atom stereocenters. The minimum absolute atomic E-state index is 0. The van der Waals surface area contributed by atoms with Gasteiger partial charge in [0.2, 0.25) is 11.5 Å². The van der Waals surface area contributed by atoms with Crippen LogP contribution in [0.4, 0.5) is 4.39 Å². The molecule has 0 fully saturated rings. The molecule has 0 aliphatic carbocycles. The summed E-state index contributed by atoms with van der Waals surface area (Å²) in [6.07, 6.45) is 0.760. The van der Waals surface area contributed by atoms with Crippen LogP contribution in [-0.2, 0) is 13.0 Å². The second-order valence-corrected chi connectivity index (χ2v) is 7.12. The van der Waals surface area contributed by atoms with Gasteiger partial charge in [0.05, 0.1) is 26.9 Å². The highest BCUT2D eigenvalue weighted by atomic mass is 35.5. The summed E-state index contributed by atoms with van der Waals surface area (Å²) in [6, 6.07) is 15.0. The molecule has 0 saturated carbocycles. The molecule has 0 saturated heterocycles. The third kappa shape index (κ3) is 6.30. The first kappa shape index (κ1) is 26.8. The van der Waals surface area contributed by atoms with E-state index in [1.165, 1.54) is 39.5 Å². The van der Waals surface area contributed by atoms with Crippen molar-refractivity contribution in [2.24, 2.45) is 5.73 Å². The molecule has 0 spiro atoms. The minimum atomic E-state index is -0.444. The van der Waals surface area contributed by atoms with Gasteiger partial charge in [-0.15, -0.1) is 12.4 Å². The standard InChI is InChI=1S/C25H27FN2O5.ClH/c1-30-22-20(25(29)28-15-17-5-4-6-18(26)13-17)14-21(23(31-2)24(22)32-3)33-19-9-7-16(8-10-19)11-12-27;/h4-10,13-14H,11-12,15,27H2,1-3H3,(H,28,29);1H. The smallest absolute Gasteiger partial charge is 0.255 e. The topological polar surface area (TPSA) is 92.0 Å². The number of methoxy groups -OCH3 is 3. The lowest BCUT2D eigenvalue weighted by atomic mass is 10.1. The van der Waals surface area contributed by atoms with Gasteiger partial charge in [-0.2, -0.15) is 0 Å². The fraction of sp³-hybridized carbons (Fsp3) is 0.240. The van der Waals surface area contributed by atoms with E-state index in [9.17, 15) is 9.18 Å².